The highest BCUT2D eigenvalue weighted by atomic mass is 32.2. The van der Waals surface area contributed by atoms with Crippen molar-refractivity contribution in [3.8, 4) is 0 Å². The molecule has 0 saturated heterocycles. The summed E-state index contributed by atoms with van der Waals surface area (Å²) in [6.45, 7) is 7.77. The Hall–Kier alpha value is -5.23. The number of fused-ring (bicyclic) bond motifs is 9. The molecule has 2 heterocycles. The second-order valence-electron chi connectivity index (χ2n) is 19.8. The van der Waals surface area contributed by atoms with Crippen LogP contribution in [-0.4, -0.2) is 65.8 Å². The van der Waals surface area contributed by atoms with E-state index in [1.807, 2.05) is 13.0 Å². The molecule has 6 atom stereocenters. The number of carbonyl (C=O) groups excluding carboxylic acids is 3. The minimum absolute atomic E-state index is 0.0420. The highest BCUT2D eigenvalue weighted by Crippen LogP contribution is 2.66. The number of ketones is 1. The van der Waals surface area contributed by atoms with E-state index in [1.165, 1.54) is 29.8 Å². The van der Waals surface area contributed by atoms with Crippen LogP contribution in [0.15, 0.2) is 79.6 Å². The summed E-state index contributed by atoms with van der Waals surface area (Å²) in [5.74, 6) is 1.72. The summed E-state index contributed by atoms with van der Waals surface area (Å²) in [4.78, 5) is 66.2. The van der Waals surface area contributed by atoms with Gasteiger partial charge in [-0.25, -0.2) is 0 Å². The number of hydrogen-bond acceptors (Lipinski definition) is 9. The number of carbonyl (C=O) groups is 3. The van der Waals surface area contributed by atoms with Gasteiger partial charge in [0.2, 0.25) is 11.8 Å². The fourth-order valence-corrected chi connectivity index (χ4v) is 14.0. The zero-order valence-electron chi connectivity index (χ0n) is 38.1. The van der Waals surface area contributed by atoms with Gasteiger partial charge in [0.25, 0.3) is 20.2 Å². The van der Waals surface area contributed by atoms with Crippen molar-refractivity contribution in [2.24, 2.45) is 34.5 Å². The molecule has 17 heteroatoms. The third-order valence-electron chi connectivity index (χ3n) is 16.4. The van der Waals surface area contributed by atoms with Gasteiger partial charge in [0, 0.05) is 66.5 Å². The monoisotopic (exact) mass is 954 g/mol. The Morgan fingerprint density at radius 2 is 1.28 bits per heavy atom. The van der Waals surface area contributed by atoms with Crippen LogP contribution in [0.3, 0.4) is 0 Å². The lowest BCUT2D eigenvalue weighted by molar-refractivity contribution is -0.132. The normalized spacial score (nSPS) is 25.2. The van der Waals surface area contributed by atoms with Gasteiger partial charge in [-0.15, -0.1) is 0 Å². The van der Waals surface area contributed by atoms with Crippen molar-refractivity contribution in [1.29, 1.82) is 0 Å². The lowest BCUT2D eigenvalue weighted by Crippen LogP contribution is -2.52. The number of amides is 2. The van der Waals surface area contributed by atoms with Crippen LogP contribution in [0.1, 0.15) is 97.8 Å². The van der Waals surface area contributed by atoms with Crippen molar-refractivity contribution in [2.75, 3.05) is 13.1 Å². The van der Waals surface area contributed by atoms with Gasteiger partial charge in [-0.05, 0) is 148 Å². The van der Waals surface area contributed by atoms with Gasteiger partial charge in [-0.3, -0.25) is 33.1 Å². The van der Waals surface area contributed by atoms with Crippen molar-refractivity contribution in [3.05, 3.63) is 80.6 Å². The molecule has 356 valence electrons. The predicted octanol–water partition coefficient (Wildman–Crippen LogP) is 7.08. The smallest absolute Gasteiger partial charge is 0.294 e. The van der Waals surface area contributed by atoms with Gasteiger partial charge in [0.05, 0.1) is 31.9 Å². The van der Waals surface area contributed by atoms with Crippen LogP contribution in [0.2, 0.25) is 0 Å². The van der Waals surface area contributed by atoms with Gasteiger partial charge < -0.3 is 19.8 Å². The first-order valence-corrected chi connectivity index (χ1v) is 26.5. The molecule has 0 aliphatic heterocycles. The molecule has 0 spiro atoms. The van der Waals surface area contributed by atoms with Crippen molar-refractivity contribution in [1.82, 2.24) is 19.8 Å². The van der Waals surface area contributed by atoms with Crippen molar-refractivity contribution in [2.45, 2.75) is 121 Å². The molecule has 0 bridgehead atoms. The first-order chi connectivity index (χ1) is 31.7. The number of rotatable bonds is 13. The van der Waals surface area contributed by atoms with E-state index < -0.39 is 40.9 Å². The molecule has 0 radical (unpaired) electrons. The minimum atomic E-state index is -4.65. The van der Waals surface area contributed by atoms with E-state index in [0.717, 1.165) is 57.1 Å². The summed E-state index contributed by atoms with van der Waals surface area (Å²) in [6.07, 6.45) is 11.5. The molecule has 3 aromatic carbocycles. The zero-order chi connectivity index (χ0) is 47.8. The van der Waals surface area contributed by atoms with Crippen LogP contribution in [-0.2, 0) is 47.7 Å². The predicted molar refractivity (Wildman–Crippen MR) is 255 cm³/mol. The highest BCUT2D eigenvalue weighted by molar-refractivity contribution is 7.86. The fraction of sp³-hybridized carbons (Fsp3) is 0.500. The van der Waals surface area contributed by atoms with Crippen LogP contribution >= 0.6 is 0 Å². The van der Waals surface area contributed by atoms with Gasteiger partial charge in [0.1, 0.15) is 0 Å². The van der Waals surface area contributed by atoms with Crippen molar-refractivity contribution < 1.29 is 40.3 Å². The lowest BCUT2D eigenvalue weighted by atomic mass is 9.47. The van der Waals surface area contributed by atoms with Crippen molar-refractivity contribution >= 4 is 81.4 Å². The van der Waals surface area contributed by atoms with Crippen molar-refractivity contribution in [3.63, 3.8) is 0 Å². The molecule has 2 aromatic heterocycles. The number of unbranched alkanes of at least 4 members (excludes halogenated alkanes) is 2. The number of allylic oxidation sites excluding steroid dienone is 1. The summed E-state index contributed by atoms with van der Waals surface area (Å²) in [5, 5.41) is 6.54. The Bertz CT molecular complexity index is 3300. The van der Waals surface area contributed by atoms with E-state index >= 15 is 0 Å². The van der Waals surface area contributed by atoms with Crippen LogP contribution in [0.4, 0.5) is 0 Å². The van der Waals surface area contributed by atoms with Gasteiger partial charge in [-0.2, -0.15) is 16.8 Å². The van der Waals surface area contributed by atoms with E-state index in [4.69, 9.17) is 0 Å². The average molecular weight is 955 g/mol. The Morgan fingerprint density at radius 1 is 0.687 bits per heavy atom. The van der Waals surface area contributed by atoms with E-state index in [9.17, 15) is 49.9 Å². The second kappa shape index (κ2) is 17.4. The summed E-state index contributed by atoms with van der Waals surface area (Å²) in [7, 11) is -9.27. The third-order valence-corrected chi connectivity index (χ3v) is 18.1. The summed E-state index contributed by atoms with van der Waals surface area (Å²) in [6, 6.07) is 10.6. The first-order valence-electron chi connectivity index (χ1n) is 23.6. The standard InChI is InChI=1S/C50H58N4O11S2/c1-4-53-41-15-10-31(66(60,61)62)25-34(41)46(57)36-28-44-37(27-43(36)53)47(58)35-26-32(67(63,64)65)11-16-42(35)54(44)23-7-5-6-8-45(56)51-21-22-52-48(59)40-14-13-38-33-12-9-29-24-30(55)17-19-49(29,2)39(33)18-20-50(38,40)3/h10-11,15-16,24-28,33,38-40H,4-9,12-14,17-23H2,1-3H3,(H,51,56)(H,52,59)(H,60,61,62)(H,63,64,65). The number of hydrogen-bond donors (Lipinski definition) is 4. The van der Waals surface area contributed by atoms with Crippen LogP contribution < -0.4 is 21.5 Å². The van der Waals surface area contributed by atoms with Gasteiger partial charge >= 0.3 is 0 Å². The van der Waals surface area contributed by atoms with E-state index in [-0.39, 0.29) is 62.3 Å². The molecule has 2 amide bonds. The van der Waals surface area contributed by atoms with Gasteiger partial charge in [-0.1, -0.05) is 25.8 Å². The molecule has 9 rings (SSSR count). The molecular formula is C50H58N4O11S2. The number of nitrogens with one attached hydrogen (secondary N) is 2. The van der Waals surface area contributed by atoms with E-state index in [2.05, 4.69) is 24.5 Å². The second-order valence-corrected chi connectivity index (χ2v) is 22.7. The molecule has 4 N–H and O–H groups in total. The first kappa shape index (κ1) is 46.9. The Morgan fingerprint density at radius 3 is 1.91 bits per heavy atom. The summed E-state index contributed by atoms with van der Waals surface area (Å²) in [5.41, 5.74) is 1.85. The molecule has 3 fully saturated rings. The molecule has 5 aromatic rings. The van der Waals surface area contributed by atoms with Crippen LogP contribution in [0, 0.1) is 34.5 Å². The summed E-state index contributed by atoms with van der Waals surface area (Å²) < 4.78 is 71.4. The molecular weight excluding hydrogens is 897 g/mol. The third kappa shape index (κ3) is 8.22. The SMILES string of the molecule is CCn1c2ccc(S(=O)(=O)O)cc2c(=O)c2cc3c(cc21)c(=O)c1cc(S(=O)(=O)O)ccc1n3CCCCCC(=O)NCCNC(=O)C1CCC2C3CCC4=CC(=O)CCC4(C)C3CCC12C. The molecule has 4 aliphatic carbocycles. The molecule has 15 nitrogen and oxygen atoms in total. The maximum atomic E-state index is 14.2. The fourth-order valence-electron chi connectivity index (χ4n) is 13.0. The topological polar surface area (TPSA) is 228 Å². The molecule has 6 unspecified atom stereocenters. The zero-order valence-corrected chi connectivity index (χ0v) is 39.7. The number of pyridine rings is 2. The minimum Gasteiger partial charge on any atom is -0.354 e. The van der Waals surface area contributed by atoms with Crippen LogP contribution in [0.25, 0.3) is 43.6 Å². The number of nitrogens with zero attached hydrogens (tertiary/aromatic N) is 2. The largest absolute Gasteiger partial charge is 0.354 e. The molecule has 3 saturated carbocycles. The Labute approximate surface area is 388 Å². The number of benzene rings is 3. The highest BCUT2D eigenvalue weighted by Gasteiger charge is 2.60. The van der Waals surface area contributed by atoms with E-state index in [1.54, 1.807) is 21.3 Å². The Balaban J connectivity index is 0.849. The average Bonchev–Trinajstić information content (AvgIpc) is 3.65. The van der Waals surface area contributed by atoms with E-state index in [0.29, 0.717) is 91.7 Å². The molecule has 4 aliphatic rings. The Kier molecular flexibility index (Phi) is 12.2. The van der Waals surface area contributed by atoms with Gasteiger partial charge in [0.15, 0.2) is 16.6 Å². The number of aryl methyl sites for hydroxylation is 2. The summed E-state index contributed by atoms with van der Waals surface area (Å²) >= 11 is 0. The molecule has 67 heavy (non-hydrogen) atoms. The maximum Gasteiger partial charge on any atom is 0.294 e. The van der Waals surface area contributed by atoms with Crippen LogP contribution in [0.5, 0.6) is 0 Å². The number of aromatic nitrogens is 2. The lowest BCUT2D eigenvalue weighted by Gasteiger charge is -2.58. The maximum absolute atomic E-state index is 14.2. The quantitative estimate of drug-likeness (QED) is 0.0530.